The monoisotopic (exact) mass is 504 g/mol. The lowest BCUT2D eigenvalue weighted by atomic mass is 10.0. The summed E-state index contributed by atoms with van der Waals surface area (Å²) in [6.07, 6.45) is -0.512. The number of ether oxygens (including phenoxy) is 2. The quantitative estimate of drug-likeness (QED) is 0.240. The molecular weight excluding hydrogens is 479 g/mol. The van der Waals surface area contributed by atoms with Crippen molar-refractivity contribution in [1.29, 1.82) is 5.26 Å². The molecule has 0 saturated heterocycles. The van der Waals surface area contributed by atoms with Crippen molar-refractivity contribution in [2.45, 2.75) is 19.1 Å². The molecular formula is C27H25FN4O5. The molecule has 5 N–H and O–H groups in total. The number of hydrogen-bond donors (Lipinski definition) is 4. The maximum atomic E-state index is 14.2. The summed E-state index contributed by atoms with van der Waals surface area (Å²) in [7, 11) is 0. The molecule has 0 aliphatic carbocycles. The van der Waals surface area contributed by atoms with Crippen LogP contribution >= 0.6 is 0 Å². The number of nitrogens with one attached hydrogen (secondary N) is 2. The molecule has 190 valence electrons. The van der Waals surface area contributed by atoms with E-state index in [9.17, 15) is 19.1 Å². The molecule has 3 aromatic rings. The van der Waals surface area contributed by atoms with Crippen LogP contribution in [0.15, 0.2) is 78.9 Å². The molecule has 9 nitrogen and oxygen atoms in total. The van der Waals surface area contributed by atoms with Crippen LogP contribution < -0.4 is 16.4 Å². The number of aromatic hydroxyl groups is 1. The van der Waals surface area contributed by atoms with E-state index < -0.39 is 35.8 Å². The van der Waals surface area contributed by atoms with E-state index in [0.717, 1.165) is 12.1 Å². The van der Waals surface area contributed by atoms with Crippen molar-refractivity contribution in [3.05, 3.63) is 95.8 Å². The normalized spacial score (nSPS) is 12.4. The smallest absolute Gasteiger partial charge is 0.412 e. The molecule has 2 atom stereocenters. The van der Waals surface area contributed by atoms with Gasteiger partial charge in [0.05, 0.1) is 23.0 Å². The molecule has 3 rings (SSSR count). The van der Waals surface area contributed by atoms with Crippen molar-refractivity contribution in [1.82, 2.24) is 0 Å². The minimum Gasteiger partial charge on any atom is -0.505 e. The first-order chi connectivity index (χ1) is 17.8. The van der Waals surface area contributed by atoms with Crippen LogP contribution in [0.25, 0.3) is 0 Å². The number of carbonyl (C=O) groups is 2. The lowest BCUT2D eigenvalue weighted by Gasteiger charge is -2.25. The van der Waals surface area contributed by atoms with Crippen molar-refractivity contribution in [3.8, 4) is 11.8 Å². The topological polar surface area (TPSA) is 147 Å². The van der Waals surface area contributed by atoms with E-state index in [1.165, 1.54) is 42.5 Å². The standard InChI is InChI=1S/C27H25FN4O5/c1-2-36-24(13-14-25(34)32-22-6-4-3-5-21(22)30)26(18-9-12-23(33)20(28)15-18)37-27(35)31-19-10-7-17(16-29)8-11-19/h3-15,24,26,33H,2,30H2,1H3,(H,31,35)(H,32,34)/b14-13+/t24-,26-/m1/s1. The number of benzene rings is 3. The summed E-state index contributed by atoms with van der Waals surface area (Å²) in [5.41, 5.74) is 7.61. The first-order valence-electron chi connectivity index (χ1n) is 11.2. The first-order valence-corrected chi connectivity index (χ1v) is 11.2. The lowest BCUT2D eigenvalue weighted by Crippen LogP contribution is -2.28. The van der Waals surface area contributed by atoms with E-state index in [0.29, 0.717) is 22.6 Å². The lowest BCUT2D eigenvalue weighted by molar-refractivity contribution is -0.112. The molecule has 0 fully saturated rings. The largest absolute Gasteiger partial charge is 0.505 e. The Hall–Kier alpha value is -4.88. The van der Waals surface area contributed by atoms with Crippen LogP contribution in [0.5, 0.6) is 5.75 Å². The average Bonchev–Trinajstić information content (AvgIpc) is 2.89. The van der Waals surface area contributed by atoms with E-state index in [4.69, 9.17) is 20.5 Å². The molecule has 0 bridgehead atoms. The molecule has 0 aliphatic heterocycles. The van der Waals surface area contributed by atoms with Crippen molar-refractivity contribution in [2.75, 3.05) is 23.0 Å². The number of nitriles is 1. The number of phenols is 1. The number of nitrogen functional groups attached to an aromatic ring is 1. The van der Waals surface area contributed by atoms with Gasteiger partial charge in [-0.1, -0.05) is 18.2 Å². The highest BCUT2D eigenvalue weighted by Crippen LogP contribution is 2.29. The van der Waals surface area contributed by atoms with Gasteiger partial charge in [-0.15, -0.1) is 0 Å². The maximum Gasteiger partial charge on any atom is 0.412 e. The Morgan fingerprint density at radius 1 is 1.14 bits per heavy atom. The highest BCUT2D eigenvalue weighted by molar-refractivity contribution is 6.01. The number of amides is 2. The van der Waals surface area contributed by atoms with Crippen molar-refractivity contribution in [2.24, 2.45) is 0 Å². The highest BCUT2D eigenvalue weighted by atomic mass is 19.1. The van der Waals surface area contributed by atoms with Gasteiger partial charge in [0.25, 0.3) is 0 Å². The van der Waals surface area contributed by atoms with Gasteiger partial charge in [0.2, 0.25) is 5.91 Å². The third-order valence-electron chi connectivity index (χ3n) is 5.11. The number of rotatable bonds is 9. The molecule has 0 heterocycles. The minimum atomic E-state index is -1.20. The second kappa shape index (κ2) is 12.7. The zero-order valence-corrected chi connectivity index (χ0v) is 19.9. The predicted octanol–water partition coefficient (Wildman–Crippen LogP) is 4.87. The van der Waals surface area contributed by atoms with Crippen LogP contribution in [0.4, 0.5) is 26.2 Å². The van der Waals surface area contributed by atoms with Gasteiger partial charge in [0.1, 0.15) is 6.10 Å². The zero-order valence-electron chi connectivity index (χ0n) is 19.9. The Balaban J connectivity index is 1.84. The fraction of sp³-hybridized carbons (Fsp3) is 0.148. The molecule has 0 unspecified atom stereocenters. The summed E-state index contributed by atoms with van der Waals surface area (Å²) in [6, 6.07) is 18.3. The first kappa shape index (κ1) is 26.7. The van der Waals surface area contributed by atoms with Gasteiger partial charge in [-0.2, -0.15) is 5.26 Å². The minimum absolute atomic E-state index is 0.180. The molecule has 0 aliphatic rings. The molecule has 0 spiro atoms. The number of halogens is 1. The van der Waals surface area contributed by atoms with Crippen LogP contribution in [0.1, 0.15) is 24.2 Å². The summed E-state index contributed by atoms with van der Waals surface area (Å²) in [5, 5.41) is 23.7. The highest BCUT2D eigenvalue weighted by Gasteiger charge is 2.27. The van der Waals surface area contributed by atoms with Gasteiger partial charge in [-0.05, 0) is 67.1 Å². The van der Waals surface area contributed by atoms with E-state index >= 15 is 0 Å². The van der Waals surface area contributed by atoms with Crippen LogP contribution in [0.2, 0.25) is 0 Å². The number of para-hydroxylation sites is 2. The molecule has 0 saturated carbocycles. The van der Waals surface area contributed by atoms with Crippen LogP contribution in [0.3, 0.4) is 0 Å². The van der Waals surface area contributed by atoms with Crippen molar-refractivity contribution < 1.29 is 28.6 Å². The molecule has 3 aromatic carbocycles. The van der Waals surface area contributed by atoms with Gasteiger partial charge in [-0.3, -0.25) is 10.1 Å². The fourth-order valence-electron chi connectivity index (χ4n) is 3.32. The number of carbonyl (C=O) groups excluding carboxylic acids is 2. The zero-order chi connectivity index (χ0) is 26.8. The molecule has 10 heteroatoms. The molecule has 0 aromatic heterocycles. The van der Waals surface area contributed by atoms with Gasteiger partial charge in [0.15, 0.2) is 17.7 Å². The fourth-order valence-corrected chi connectivity index (χ4v) is 3.32. The van der Waals surface area contributed by atoms with Gasteiger partial charge in [-0.25, -0.2) is 9.18 Å². The molecule has 0 radical (unpaired) electrons. The number of nitrogens with two attached hydrogens (primary N) is 1. The summed E-state index contributed by atoms with van der Waals surface area (Å²) in [6.45, 7) is 1.89. The summed E-state index contributed by atoms with van der Waals surface area (Å²) < 4.78 is 25.5. The van der Waals surface area contributed by atoms with E-state index in [2.05, 4.69) is 10.6 Å². The van der Waals surface area contributed by atoms with E-state index in [1.807, 2.05) is 6.07 Å². The van der Waals surface area contributed by atoms with E-state index in [-0.39, 0.29) is 12.2 Å². The Morgan fingerprint density at radius 3 is 2.51 bits per heavy atom. The molecule has 37 heavy (non-hydrogen) atoms. The summed E-state index contributed by atoms with van der Waals surface area (Å²) in [5.74, 6) is -2.01. The van der Waals surface area contributed by atoms with Gasteiger partial charge >= 0.3 is 6.09 Å². The summed E-state index contributed by atoms with van der Waals surface area (Å²) >= 11 is 0. The Bertz CT molecular complexity index is 1320. The Morgan fingerprint density at radius 2 is 1.86 bits per heavy atom. The average molecular weight is 505 g/mol. The van der Waals surface area contributed by atoms with Crippen LogP contribution in [-0.2, 0) is 14.3 Å². The number of nitrogens with zero attached hydrogens (tertiary/aromatic N) is 1. The van der Waals surface area contributed by atoms with Gasteiger partial charge in [0, 0.05) is 18.4 Å². The third-order valence-corrected chi connectivity index (χ3v) is 5.11. The second-order valence-electron chi connectivity index (χ2n) is 7.71. The third kappa shape index (κ3) is 7.55. The van der Waals surface area contributed by atoms with Crippen LogP contribution in [-0.4, -0.2) is 29.8 Å². The van der Waals surface area contributed by atoms with Crippen molar-refractivity contribution in [3.63, 3.8) is 0 Å². The van der Waals surface area contributed by atoms with Gasteiger partial charge < -0.3 is 25.6 Å². The number of phenolic OH excluding ortho intramolecular Hbond substituents is 1. The maximum absolute atomic E-state index is 14.2. The summed E-state index contributed by atoms with van der Waals surface area (Å²) in [4.78, 5) is 25.2. The van der Waals surface area contributed by atoms with E-state index in [1.54, 1.807) is 31.2 Å². The Kier molecular flexibility index (Phi) is 9.18. The van der Waals surface area contributed by atoms with Crippen molar-refractivity contribution >= 4 is 29.1 Å². The SMILES string of the molecule is CCO[C@H](/C=C/C(=O)Nc1ccccc1N)[C@H](OC(=O)Nc1ccc(C#N)cc1)c1ccc(O)c(F)c1. The number of anilines is 3. The second-order valence-corrected chi connectivity index (χ2v) is 7.71. The van der Waals surface area contributed by atoms with Crippen LogP contribution in [0, 0.1) is 17.1 Å². The number of hydrogen-bond acceptors (Lipinski definition) is 7. The molecule has 2 amide bonds. The Labute approximate surface area is 212 Å². The predicted molar refractivity (Wildman–Crippen MR) is 136 cm³/mol.